The maximum absolute atomic E-state index is 12.9. The summed E-state index contributed by atoms with van der Waals surface area (Å²) in [5.41, 5.74) is 0.576. The van der Waals surface area contributed by atoms with Gasteiger partial charge in [-0.1, -0.05) is 19.9 Å². The molecule has 11 heteroatoms. The number of nitrogens with one attached hydrogen (secondary N) is 1. The predicted molar refractivity (Wildman–Crippen MR) is 133 cm³/mol. The summed E-state index contributed by atoms with van der Waals surface area (Å²) in [6, 6.07) is 10.5. The van der Waals surface area contributed by atoms with Gasteiger partial charge >= 0.3 is 0 Å². The molecule has 170 valence electrons. The highest BCUT2D eigenvalue weighted by Crippen LogP contribution is 2.52. The van der Waals surface area contributed by atoms with Crippen LogP contribution >= 0.6 is 19.6 Å². The summed E-state index contributed by atoms with van der Waals surface area (Å²) in [6.07, 6.45) is 3.48. The van der Waals surface area contributed by atoms with Crippen molar-refractivity contribution in [2.45, 2.75) is 18.7 Å². The van der Waals surface area contributed by atoms with E-state index in [-0.39, 0.29) is 10.0 Å². The Morgan fingerprint density at radius 2 is 1.65 bits per heavy atom. The van der Waals surface area contributed by atoms with E-state index < -0.39 is 17.4 Å². The second-order valence-electron chi connectivity index (χ2n) is 7.12. The van der Waals surface area contributed by atoms with E-state index in [9.17, 15) is 8.42 Å². The standard InChI is InChI=1S/C20H31N6O2PS2/c1-7-26(8-2)31(27,28)19-11-9-10-17(16-19)22-20(30)23-29(24(3)4,25(5)6)18-12-14-21-15-13-18/h9-16H,7-8H2,1-6H3,(H,22,30). The van der Waals surface area contributed by atoms with Crippen molar-refractivity contribution in [3.63, 3.8) is 0 Å². The molecule has 1 aromatic carbocycles. The molecule has 0 aliphatic heterocycles. The summed E-state index contributed by atoms with van der Waals surface area (Å²) in [5.74, 6) is 0. The van der Waals surface area contributed by atoms with Gasteiger partial charge in [-0.2, -0.15) is 4.31 Å². The lowest BCUT2D eigenvalue weighted by Crippen LogP contribution is -2.31. The fourth-order valence-electron chi connectivity index (χ4n) is 3.32. The van der Waals surface area contributed by atoms with Crippen LogP contribution in [0.1, 0.15) is 13.8 Å². The molecule has 31 heavy (non-hydrogen) atoms. The SMILES string of the molecule is CCN(CC)S(=O)(=O)c1cccc(NC(=S)N=P(c2ccncc2)(N(C)C)N(C)C)c1. The van der Waals surface area contributed by atoms with E-state index >= 15 is 0 Å². The molecule has 8 nitrogen and oxygen atoms in total. The lowest BCUT2D eigenvalue weighted by atomic mass is 10.3. The van der Waals surface area contributed by atoms with Crippen LogP contribution in [0.3, 0.4) is 0 Å². The quantitative estimate of drug-likeness (QED) is 0.457. The van der Waals surface area contributed by atoms with E-state index in [1.54, 1.807) is 36.7 Å². The highest BCUT2D eigenvalue weighted by molar-refractivity contribution is 7.89. The first-order chi connectivity index (χ1) is 14.6. The van der Waals surface area contributed by atoms with Gasteiger partial charge in [-0.25, -0.2) is 13.2 Å². The molecule has 1 aromatic heterocycles. The smallest absolute Gasteiger partial charge is 0.243 e. The molecule has 0 saturated carbocycles. The van der Waals surface area contributed by atoms with Crippen molar-refractivity contribution in [3.8, 4) is 0 Å². The third-order valence-corrected chi connectivity index (χ3v) is 10.9. The van der Waals surface area contributed by atoms with E-state index in [4.69, 9.17) is 17.0 Å². The van der Waals surface area contributed by atoms with Gasteiger partial charge in [0.05, 0.1) is 4.90 Å². The van der Waals surface area contributed by atoms with Crippen LogP contribution in [0.25, 0.3) is 0 Å². The molecule has 2 rings (SSSR count). The monoisotopic (exact) mass is 482 g/mol. The van der Waals surface area contributed by atoms with Crippen molar-refractivity contribution in [1.29, 1.82) is 0 Å². The zero-order chi connectivity index (χ0) is 23.2. The van der Waals surface area contributed by atoms with Crippen molar-refractivity contribution in [3.05, 3.63) is 48.8 Å². The largest absolute Gasteiger partial charge is 0.331 e. The Morgan fingerprint density at radius 3 is 2.16 bits per heavy atom. The molecule has 0 radical (unpaired) electrons. The number of rotatable bonds is 8. The summed E-state index contributed by atoms with van der Waals surface area (Å²) in [6.45, 7) is 4.47. The topological polar surface area (TPSA) is 81.1 Å². The molecule has 0 amide bonds. The summed E-state index contributed by atoms with van der Waals surface area (Å²) < 4.78 is 36.2. The Bertz CT molecular complexity index is 1040. The Hall–Kier alpha value is -1.68. The number of nitrogens with zero attached hydrogens (tertiary/aromatic N) is 5. The van der Waals surface area contributed by atoms with Gasteiger partial charge in [0.15, 0.2) is 5.11 Å². The van der Waals surface area contributed by atoms with Gasteiger partial charge in [0.2, 0.25) is 10.0 Å². The summed E-state index contributed by atoms with van der Waals surface area (Å²) in [5, 5.41) is 4.40. The molecular formula is C20H31N6O2PS2. The number of sulfonamides is 1. The van der Waals surface area contributed by atoms with Crippen molar-refractivity contribution < 1.29 is 8.42 Å². The average Bonchev–Trinajstić information content (AvgIpc) is 2.73. The molecule has 0 spiro atoms. The maximum atomic E-state index is 12.9. The summed E-state index contributed by atoms with van der Waals surface area (Å²) >= 11 is 5.58. The highest BCUT2D eigenvalue weighted by atomic mass is 32.2. The maximum Gasteiger partial charge on any atom is 0.243 e. The van der Waals surface area contributed by atoms with Crippen LogP contribution < -0.4 is 10.6 Å². The van der Waals surface area contributed by atoms with E-state index in [0.717, 1.165) is 5.30 Å². The second-order valence-corrected chi connectivity index (χ2v) is 12.9. The number of anilines is 1. The van der Waals surface area contributed by atoms with Crippen LogP contribution in [-0.4, -0.2) is 73.4 Å². The van der Waals surface area contributed by atoms with Crippen molar-refractivity contribution in [2.24, 2.45) is 4.74 Å². The van der Waals surface area contributed by atoms with Crippen LogP contribution in [-0.2, 0) is 10.0 Å². The first kappa shape index (κ1) is 25.6. The molecule has 0 unspecified atom stereocenters. The van der Waals surface area contributed by atoms with E-state index in [1.807, 2.05) is 54.2 Å². The molecular weight excluding hydrogens is 451 g/mol. The number of aromatic nitrogens is 1. The van der Waals surface area contributed by atoms with Gasteiger partial charge in [0.1, 0.15) is 7.36 Å². The van der Waals surface area contributed by atoms with Gasteiger partial charge < -0.3 is 5.32 Å². The number of hydrogen-bond acceptors (Lipinski definition) is 4. The van der Waals surface area contributed by atoms with Crippen molar-refractivity contribution in [1.82, 2.24) is 18.6 Å². The number of benzene rings is 1. The Morgan fingerprint density at radius 1 is 1.06 bits per heavy atom. The average molecular weight is 483 g/mol. The van der Waals surface area contributed by atoms with Crippen LogP contribution in [0.2, 0.25) is 0 Å². The second kappa shape index (κ2) is 10.8. The van der Waals surface area contributed by atoms with Crippen molar-refractivity contribution in [2.75, 3.05) is 46.6 Å². The highest BCUT2D eigenvalue weighted by Gasteiger charge is 2.29. The van der Waals surface area contributed by atoms with E-state index in [0.29, 0.717) is 18.8 Å². The first-order valence-corrected chi connectivity index (χ1v) is 13.4. The molecule has 1 N–H and O–H groups in total. The minimum Gasteiger partial charge on any atom is -0.331 e. The zero-order valence-corrected chi connectivity index (χ0v) is 21.4. The Kier molecular flexibility index (Phi) is 8.88. The fraction of sp³-hybridized carbons (Fsp3) is 0.400. The molecule has 1 heterocycles. The fourth-order valence-corrected chi connectivity index (χ4v) is 8.24. The Balaban J connectivity index is 2.45. The predicted octanol–water partition coefficient (Wildman–Crippen LogP) is 3.29. The van der Waals surface area contributed by atoms with E-state index in [2.05, 4.69) is 19.6 Å². The molecule has 0 saturated heterocycles. The van der Waals surface area contributed by atoms with Crippen LogP contribution in [0, 0.1) is 0 Å². The van der Waals surface area contributed by atoms with Crippen LogP contribution in [0.15, 0.2) is 58.4 Å². The Labute approximate surface area is 191 Å². The van der Waals surface area contributed by atoms with Crippen LogP contribution in [0.4, 0.5) is 5.69 Å². The first-order valence-electron chi connectivity index (χ1n) is 9.89. The molecule has 0 aliphatic carbocycles. The van der Waals surface area contributed by atoms with Gasteiger partial charge in [-0.15, -0.1) is 0 Å². The third kappa shape index (κ3) is 5.58. The lowest BCUT2D eigenvalue weighted by Gasteiger charge is -2.36. The molecule has 0 atom stereocenters. The third-order valence-electron chi connectivity index (χ3n) is 4.78. The summed E-state index contributed by atoms with van der Waals surface area (Å²) in [7, 11) is 1.98. The number of thiocarbonyl (C=S) groups is 1. The minimum absolute atomic E-state index is 0.222. The summed E-state index contributed by atoms with van der Waals surface area (Å²) in [4.78, 5) is 4.34. The zero-order valence-electron chi connectivity index (χ0n) is 18.8. The molecule has 0 bridgehead atoms. The lowest BCUT2D eigenvalue weighted by molar-refractivity contribution is 0.445. The van der Waals surface area contributed by atoms with Crippen molar-refractivity contribution >= 4 is 45.7 Å². The van der Waals surface area contributed by atoms with Gasteiger partial charge in [-0.05, 0) is 70.7 Å². The number of hydrogen-bond donors (Lipinski definition) is 1. The normalized spacial score (nSPS) is 12.4. The molecule has 0 aliphatic rings. The number of pyridine rings is 1. The molecule has 0 fully saturated rings. The van der Waals surface area contributed by atoms with Gasteiger partial charge in [-0.3, -0.25) is 14.3 Å². The van der Waals surface area contributed by atoms with Crippen LogP contribution in [0.5, 0.6) is 0 Å². The molecule has 2 aromatic rings. The van der Waals surface area contributed by atoms with E-state index in [1.165, 1.54) is 4.31 Å². The minimum atomic E-state index is -3.56. The van der Waals surface area contributed by atoms with Gasteiger partial charge in [0, 0.05) is 36.5 Å². The van der Waals surface area contributed by atoms with Gasteiger partial charge in [0.25, 0.3) is 0 Å².